The number of rotatable bonds is 6. The third-order valence-electron chi connectivity index (χ3n) is 4.85. The SMILES string of the molecule is N#CCOc1ccc(CNCC2CC3CCC2C3)cc1. The van der Waals surface area contributed by atoms with Crippen molar-refractivity contribution in [2.45, 2.75) is 32.2 Å². The lowest BCUT2D eigenvalue weighted by Crippen LogP contribution is -2.26. The summed E-state index contributed by atoms with van der Waals surface area (Å²) < 4.78 is 5.25. The molecular weight excluding hydrogens is 248 g/mol. The first-order valence-corrected chi connectivity index (χ1v) is 7.64. The first-order chi connectivity index (χ1) is 9.85. The first-order valence-electron chi connectivity index (χ1n) is 7.64. The minimum absolute atomic E-state index is 0.113. The molecule has 1 aromatic rings. The number of nitriles is 1. The second kappa shape index (κ2) is 6.28. The lowest BCUT2D eigenvalue weighted by atomic mass is 9.89. The maximum absolute atomic E-state index is 8.46. The van der Waals surface area contributed by atoms with Crippen molar-refractivity contribution in [1.29, 1.82) is 5.26 Å². The van der Waals surface area contributed by atoms with Gasteiger partial charge in [0.15, 0.2) is 6.61 Å². The Morgan fingerprint density at radius 1 is 1.20 bits per heavy atom. The van der Waals surface area contributed by atoms with Crippen molar-refractivity contribution in [3.05, 3.63) is 29.8 Å². The fourth-order valence-corrected chi connectivity index (χ4v) is 3.85. The minimum atomic E-state index is 0.113. The van der Waals surface area contributed by atoms with Crippen LogP contribution >= 0.6 is 0 Å². The second-order valence-electron chi connectivity index (χ2n) is 6.16. The molecular formula is C17H22N2O. The molecule has 2 saturated carbocycles. The van der Waals surface area contributed by atoms with Gasteiger partial charge in [0, 0.05) is 6.54 Å². The molecule has 0 saturated heterocycles. The van der Waals surface area contributed by atoms with Crippen LogP contribution in [0.1, 0.15) is 31.2 Å². The van der Waals surface area contributed by atoms with Crippen LogP contribution in [-0.2, 0) is 6.54 Å². The van der Waals surface area contributed by atoms with E-state index in [0.29, 0.717) is 0 Å². The van der Waals surface area contributed by atoms with E-state index >= 15 is 0 Å². The molecule has 1 N–H and O–H groups in total. The molecule has 2 bridgehead atoms. The molecule has 106 valence electrons. The molecule has 2 aliphatic rings. The number of ether oxygens (including phenoxy) is 1. The van der Waals surface area contributed by atoms with E-state index in [4.69, 9.17) is 10.00 Å². The third-order valence-corrected chi connectivity index (χ3v) is 4.85. The standard InChI is InChI=1S/C17H22N2O/c18-7-8-20-17-5-2-13(3-6-17)11-19-12-16-10-14-1-4-15(16)9-14/h2-3,5-6,14-16,19H,1,4,8-12H2. The maximum Gasteiger partial charge on any atom is 0.174 e. The van der Waals surface area contributed by atoms with Crippen LogP contribution in [0.4, 0.5) is 0 Å². The van der Waals surface area contributed by atoms with Crippen molar-refractivity contribution in [3.8, 4) is 11.8 Å². The van der Waals surface area contributed by atoms with E-state index in [0.717, 1.165) is 36.6 Å². The van der Waals surface area contributed by atoms with Crippen molar-refractivity contribution in [2.24, 2.45) is 17.8 Å². The Morgan fingerprint density at radius 3 is 2.70 bits per heavy atom. The number of fused-ring (bicyclic) bond motifs is 2. The lowest BCUT2D eigenvalue weighted by molar-refractivity contribution is 0.318. The topological polar surface area (TPSA) is 45.0 Å². The van der Waals surface area contributed by atoms with Crippen LogP contribution in [0.3, 0.4) is 0 Å². The van der Waals surface area contributed by atoms with Gasteiger partial charge in [-0.15, -0.1) is 0 Å². The van der Waals surface area contributed by atoms with E-state index in [1.54, 1.807) is 0 Å². The fraction of sp³-hybridized carbons (Fsp3) is 0.588. The van der Waals surface area contributed by atoms with Gasteiger partial charge in [0.2, 0.25) is 0 Å². The molecule has 0 radical (unpaired) electrons. The summed E-state index contributed by atoms with van der Waals surface area (Å²) in [5.74, 6) is 3.70. The van der Waals surface area contributed by atoms with Crippen molar-refractivity contribution in [3.63, 3.8) is 0 Å². The minimum Gasteiger partial charge on any atom is -0.479 e. The number of benzene rings is 1. The molecule has 0 heterocycles. The summed E-state index contributed by atoms with van der Waals surface area (Å²) in [6.07, 6.45) is 5.86. The van der Waals surface area contributed by atoms with Crippen LogP contribution < -0.4 is 10.1 Å². The monoisotopic (exact) mass is 270 g/mol. The summed E-state index contributed by atoms with van der Waals surface area (Å²) in [4.78, 5) is 0. The highest BCUT2D eigenvalue weighted by atomic mass is 16.5. The Balaban J connectivity index is 1.41. The summed E-state index contributed by atoms with van der Waals surface area (Å²) in [5.41, 5.74) is 1.28. The van der Waals surface area contributed by atoms with Gasteiger partial charge in [-0.3, -0.25) is 0 Å². The smallest absolute Gasteiger partial charge is 0.174 e. The van der Waals surface area contributed by atoms with Gasteiger partial charge in [-0.05, 0) is 61.3 Å². The van der Waals surface area contributed by atoms with E-state index in [2.05, 4.69) is 17.4 Å². The summed E-state index contributed by atoms with van der Waals surface area (Å²) >= 11 is 0. The van der Waals surface area contributed by atoms with Crippen LogP contribution in [0.5, 0.6) is 5.75 Å². The fourth-order valence-electron chi connectivity index (χ4n) is 3.85. The van der Waals surface area contributed by atoms with E-state index in [1.807, 2.05) is 18.2 Å². The van der Waals surface area contributed by atoms with Gasteiger partial charge in [0.1, 0.15) is 11.8 Å². The van der Waals surface area contributed by atoms with Gasteiger partial charge >= 0.3 is 0 Å². The van der Waals surface area contributed by atoms with Gasteiger partial charge in [0.25, 0.3) is 0 Å². The largest absolute Gasteiger partial charge is 0.479 e. The van der Waals surface area contributed by atoms with E-state index < -0.39 is 0 Å². The number of nitrogens with zero attached hydrogens (tertiary/aromatic N) is 1. The van der Waals surface area contributed by atoms with Crippen molar-refractivity contribution in [1.82, 2.24) is 5.32 Å². The van der Waals surface area contributed by atoms with Gasteiger partial charge in [0.05, 0.1) is 0 Å². The molecule has 3 atom stereocenters. The van der Waals surface area contributed by atoms with Gasteiger partial charge in [-0.25, -0.2) is 0 Å². The summed E-state index contributed by atoms with van der Waals surface area (Å²) in [6, 6.07) is 9.99. The molecule has 3 rings (SSSR count). The van der Waals surface area contributed by atoms with Gasteiger partial charge in [-0.2, -0.15) is 5.26 Å². The highest BCUT2D eigenvalue weighted by Crippen LogP contribution is 2.47. The Morgan fingerprint density at radius 2 is 2.05 bits per heavy atom. The molecule has 2 fully saturated rings. The lowest BCUT2D eigenvalue weighted by Gasteiger charge is -2.21. The molecule has 0 spiro atoms. The van der Waals surface area contributed by atoms with Crippen LogP contribution in [-0.4, -0.2) is 13.2 Å². The number of hydrogen-bond acceptors (Lipinski definition) is 3. The molecule has 1 aromatic carbocycles. The van der Waals surface area contributed by atoms with Crippen LogP contribution in [0.15, 0.2) is 24.3 Å². The summed E-state index contributed by atoms with van der Waals surface area (Å²) in [7, 11) is 0. The van der Waals surface area contributed by atoms with E-state index in [-0.39, 0.29) is 6.61 Å². The average molecular weight is 270 g/mol. The quantitative estimate of drug-likeness (QED) is 0.864. The molecule has 3 nitrogen and oxygen atoms in total. The Labute approximate surface area is 120 Å². The average Bonchev–Trinajstić information content (AvgIpc) is 3.09. The normalized spacial score (nSPS) is 27.4. The van der Waals surface area contributed by atoms with Crippen LogP contribution in [0, 0.1) is 29.1 Å². The first kappa shape index (κ1) is 13.5. The van der Waals surface area contributed by atoms with Gasteiger partial charge < -0.3 is 10.1 Å². The van der Waals surface area contributed by atoms with E-state index in [9.17, 15) is 0 Å². The number of hydrogen-bond donors (Lipinski definition) is 1. The Kier molecular flexibility index (Phi) is 4.22. The molecule has 0 amide bonds. The molecule has 2 aliphatic carbocycles. The van der Waals surface area contributed by atoms with E-state index in [1.165, 1.54) is 31.2 Å². The Bertz CT molecular complexity index is 477. The van der Waals surface area contributed by atoms with Crippen molar-refractivity contribution in [2.75, 3.05) is 13.2 Å². The van der Waals surface area contributed by atoms with Crippen molar-refractivity contribution < 1.29 is 4.74 Å². The van der Waals surface area contributed by atoms with Crippen LogP contribution in [0.25, 0.3) is 0 Å². The van der Waals surface area contributed by atoms with Crippen molar-refractivity contribution >= 4 is 0 Å². The second-order valence-corrected chi connectivity index (χ2v) is 6.16. The highest BCUT2D eigenvalue weighted by Gasteiger charge is 2.38. The molecule has 0 aliphatic heterocycles. The third kappa shape index (κ3) is 3.13. The summed E-state index contributed by atoms with van der Waals surface area (Å²) in [6.45, 7) is 2.20. The molecule has 20 heavy (non-hydrogen) atoms. The maximum atomic E-state index is 8.46. The predicted octanol–water partition coefficient (Wildman–Crippen LogP) is 3.11. The molecule has 0 aromatic heterocycles. The molecule has 3 unspecified atom stereocenters. The summed E-state index contributed by atoms with van der Waals surface area (Å²) in [5, 5.41) is 12.1. The zero-order chi connectivity index (χ0) is 13.8. The highest BCUT2D eigenvalue weighted by molar-refractivity contribution is 5.27. The zero-order valence-electron chi connectivity index (χ0n) is 11.8. The van der Waals surface area contributed by atoms with Crippen LogP contribution in [0.2, 0.25) is 0 Å². The number of nitrogens with one attached hydrogen (secondary N) is 1. The van der Waals surface area contributed by atoms with Gasteiger partial charge in [-0.1, -0.05) is 18.6 Å². The zero-order valence-corrected chi connectivity index (χ0v) is 11.8. The molecule has 3 heteroatoms. The Hall–Kier alpha value is -1.53. The predicted molar refractivity (Wildman–Crippen MR) is 78.2 cm³/mol.